The number of methoxy groups -OCH3 is 3. The molecule has 0 amide bonds. The molecule has 0 atom stereocenters. The van der Waals surface area contributed by atoms with Crippen molar-refractivity contribution in [3.63, 3.8) is 0 Å². The standard InChI is InChI=1S/C10H18O5/c1-13-7-5-4-6-8(9(11)14-2)10(12)15-3/h8H,4-7H2,1-3H3. The van der Waals surface area contributed by atoms with Gasteiger partial charge in [0.25, 0.3) is 0 Å². The van der Waals surface area contributed by atoms with Crippen molar-refractivity contribution in [3.8, 4) is 0 Å². The first kappa shape index (κ1) is 13.9. The highest BCUT2D eigenvalue weighted by Gasteiger charge is 2.27. The fraction of sp³-hybridized carbons (Fsp3) is 0.800. The van der Waals surface area contributed by atoms with Crippen LogP contribution in [0, 0.1) is 5.92 Å². The second kappa shape index (κ2) is 8.23. The molecule has 0 radical (unpaired) electrons. The minimum Gasteiger partial charge on any atom is -0.468 e. The number of esters is 2. The van der Waals surface area contributed by atoms with Crippen molar-refractivity contribution < 1.29 is 23.8 Å². The van der Waals surface area contributed by atoms with Crippen LogP contribution in [-0.2, 0) is 23.8 Å². The fourth-order valence-corrected chi connectivity index (χ4v) is 1.21. The second-order valence-corrected chi connectivity index (χ2v) is 3.09. The fourth-order valence-electron chi connectivity index (χ4n) is 1.21. The molecule has 0 aliphatic carbocycles. The average Bonchev–Trinajstić information content (AvgIpc) is 2.27. The van der Waals surface area contributed by atoms with Crippen molar-refractivity contribution in [1.82, 2.24) is 0 Å². The summed E-state index contributed by atoms with van der Waals surface area (Å²) >= 11 is 0. The Hall–Kier alpha value is -1.10. The van der Waals surface area contributed by atoms with Crippen LogP contribution >= 0.6 is 0 Å². The van der Waals surface area contributed by atoms with E-state index in [0.717, 1.165) is 12.8 Å². The number of hydrogen-bond acceptors (Lipinski definition) is 5. The summed E-state index contributed by atoms with van der Waals surface area (Å²) in [4.78, 5) is 22.4. The van der Waals surface area contributed by atoms with E-state index in [1.165, 1.54) is 14.2 Å². The van der Waals surface area contributed by atoms with Crippen molar-refractivity contribution in [2.45, 2.75) is 19.3 Å². The first-order chi connectivity index (χ1) is 7.17. The molecule has 0 saturated carbocycles. The lowest BCUT2D eigenvalue weighted by Gasteiger charge is -2.11. The minimum absolute atomic E-state index is 0.433. The Labute approximate surface area is 89.7 Å². The molecule has 0 unspecified atom stereocenters. The van der Waals surface area contributed by atoms with Gasteiger partial charge in [0.15, 0.2) is 5.92 Å². The Kier molecular flexibility index (Phi) is 7.62. The van der Waals surface area contributed by atoms with Gasteiger partial charge < -0.3 is 14.2 Å². The van der Waals surface area contributed by atoms with Gasteiger partial charge in [0.1, 0.15) is 0 Å². The van der Waals surface area contributed by atoms with Gasteiger partial charge in [-0.2, -0.15) is 0 Å². The predicted molar refractivity (Wildman–Crippen MR) is 53.2 cm³/mol. The van der Waals surface area contributed by atoms with E-state index in [2.05, 4.69) is 9.47 Å². The van der Waals surface area contributed by atoms with Gasteiger partial charge >= 0.3 is 11.9 Å². The largest absolute Gasteiger partial charge is 0.468 e. The minimum atomic E-state index is -0.808. The van der Waals surface area contributed by atoms with Crippen LogP contribution in [0.3, 0.4) is 0 Å². The monoisotopic (exact) mass is 218 g/mol. The number of unbranched alkanes of at least 4 members (excludes halogenated alkanes) is 1. The van der Waals surface area contributed by atoms with Gasteiger partial charge in [0.05, 0.1) is 14.2 Å². The highest BCUT2D eigenvalue weighted by Crippen LogP contribution is 2.12. The topological polar surface area (TPSA) is 61.8 Å². The molecule has 0 spiro atoms. The van der Waals surface area contributed by atoms with Crippen molar-refractivity contribution in [2.24, 2.45) is 5.92 Å². The lowest BCUT2D eigenvalue weighted by Crippen LogP contribution is -2.26. The van der Waals surface area contributed by atoms with Crippen LogP contribution < -0.4 is 0 Å². The number of ether oxygens (including phenoxy) is 3. The first-order valence-electron chi connectivity index (χ1n) is 4.82. The molecule has 0 N–H and O–H groups in total. The molecule has 0 saturated heterocycles. The van der Waals surface area contributed by atoms with Gasteiger partial charge in [-0.25, -0.2) is 0 Å². The van der Waals surface area contributed by atoms with Gasteiger partial charge in [-0.3, -0.25) is 9.59 Å². The third kappa shape index (κ3) is 5.37. The Bertz CT molecular complexity index is 186. The second-order valence-electron chi connectivity index (χ2n) is 3.09. The Morgan fingerprint density at radius 1 is 1.00 bits per heavy atom. The van der Waals surface area contributed by atoms with E-state index in [-0.39, 0.29) is 0 Å². The number of carbonyl (C=O) groups excluding carboxylic acids is 2. The third-order valence-corrected chi connectivity index (χ3v) is 2.06. The molecule has 0 aromatic heterocycles. The average molecular weight is 218 g/mol. The maximum absolute atomic E-state index is 11.2. The van der Waals surface area contributed by atoms with Gasteiger partial charge in [-0.05, 0) is 19.3 Å². The van der Waals surface area contributed by atoms with Crippen molar-refractivity contribution >= 4 is 11.9 Å². The SMILES string of the molecule is COCCCCC(C(=O)OC)C(=O)OC. The van der Waals surface area contributed by atoms with E-state index >= 15 is 0 Å². The number of rotatable bonds is 7. The molecule has 0 aromatic rings. The summed E-state index contributed by atoms with van der Waals surface area (Å²) in [5, 5.41) is 0. The normalized spacial score (nSPS) is 10.1. The summed E-state index contributed by atoms with van der Waals surface area (Å²) in [6.07, 6.45) is 1.96. The van der Waals surface area contributed by atoms with Crippen molar-refractivity contribution in [3.05, 3.63) is 0 Å². The smallest absolute Gasteiger partial charge is 0.320 e. The van der Waals surface area contributed by atoms with E-state index < -0.39 is 17.9 Å². The summed E-state index contributed by atoms with van der Waals surface area (Å²) in [6.45, 7) is 0.620. The summed E-state index contributed by atoms with van der Waals surface area (Å²) in [6, 6.07) is 0. The van der Waals surface area contributed by atoms with Crippen molar-refractivity contribution in [2.75, 3.05) is 27.9 Å². The predicted octanol–water partition coefficient (Wildman–Crippen LogP) is 0.765. The molecule has 0 fully saturated rings. The van der Waals surface area contributed by atoms with Gasteiger partial charge in [-0.1, -0.05) is 0 Å². The molecule has 0 rings (SSSR count). The highest BCUT2D eigenvalue weighted by molar-refractivity contribution is 5.94. The molecule has 0 aromatic carbocycles. The molecule has 5 nitrogen and oxygen atoms in total. The van der Waals surface area contributed by atoms with Crippen LogP contribution in [0.2, 0.25) is 0 Å². The molecule has 88 valence electrons. The van der Waals surface area contributed by atoms with E-state index in [1.807, 2.05) is 0 Å². The molecule has 0 bridgehead atoms. The molecule has 0 heterocycles. The van der Waals surface area contributed by atoms with E-state index in [1.54, 1.807) is 7.11 Å². The number of hydrogen-bond donors (Lipinski definition) is 0. The highest BCUT2D eigenvalue weighted by atomic mass is 16.5. The van der Waals surface area contributed by atoms with Crippen LogP contribution in [0.15, 0.2) is 0 Å². The first-order valence-corrected chi connectivity index (χ1v) is 4.82. The van der Waals surface area contributed by atoms with E-state index in [9.17, 15) is 9.59 Å². The molecule has 15 heavy (non-hydrogen) atoms. The summed E-state index contributed by atoms with van der Waals surface area (Å²) in [7, 11) is 4.12. The van der Waals surface area contributed by atoms with Crippen LogP contribution in [0.4, 0.5) is 0 Å². The zero-order valence-electron chi connectivity index (χ0n) is 9.45. The Morgan fingerprint density at radius 2 is 1.53 bits per heavy atom. The van der Waals surface area contributed by atoms with Gasteiger partial charge in [0, 0.05) is 13.7 Å². The van der Waals surface area contributed by atoms with Gasteiger partial charge in [-0.15, -0.1) is 0 Å². The van der Waals surface area contributed by atoms with Crippen LogP contribution in [0.5, 0.6) is 0 Å². The molecule has 5 heteroatoms. The zero-order chi connectivity index (χ0) is 11.7. The molecule has 0 aliphatic heterocycles. The zero-order valence-corrected chi connectivity index (χ0v) is 9.45. The summed E-state index contributed by atoms with van der Waals surface area (Å²) < 4.78 is 13.9. The Balaban J connectivity index is 4.02. The molecular weight excluding hydrogens is 200 g/mol. The quantitative estimate of drug-likeness (QED) is 0.359. The maximum Gasteiger partial charge on any atom is 0.320 e. The van der Waals surface area contributed by atoms with E-state index in [0.29, 0.717) is 13.0 Å². The maximum atomic E-state index is 11.2. The lowest BCUT2D eigenvalue weighted by molar-refractivity contribution is -0.159. The molecule has 0 aliphatic rings. The summed E-state index contributed by atoms with van der Waals surface area (Å²) in [5.41, 5.74) is 0. The van der Waals surface area contributed by atoms with Gasteiger partial charge in [0.2, 0.25) is 0 Å². The van der Waals surface area contributed by atoms with Crippen LogP contribution in [0.1, 0.15) is 19.3 Å². The van der Waals surface area contributed by atoms with Crippen LogP contribution in [-0.4, -0.2) is 39.9 Å². The van der Waals surface area contributed by atoms with Crippen LogP contribution in [0.25, 0.3) is 0 Å². The Morgan fingerprint density at radius 3 is 1.93 bits per heavy atom. The molecular formula is C10H18O5. The summed E-state index contributed by atoms with van der Waals surface area (Å²) in [5.74, 6) is -1.89. The van der Waals surface area contributed by atoms with Crippen molar-refractivity contribution in [1.29, 1.82) is 0 Å². The third-order valence-electron chi connectivity index (χ3n) is 2.06. The number of carbonyl (C=O) groups is 2. The lowest BCUT2D eigenvalue weighted by atomic mass is 10.0. The van der Waals surface area contributed by atoms with E-state index in [4.69, 9.17) is 4.74 Å².